The molecule has 0 saturated carbocycles. The number of unbranched alkanes of at least 4 members (excludes halogenated alkanes) is 3. The van der Waals surface area contributed by atoms with Crippen LogP contribution in [0.3, 0.4) is 0 Å². The summed E-state index contributed by atoms with van der Waals surface area (Å²) in [6.07, 6.45) is 7.44. The zero-order valence-electron chi connectivity index (χ0n) is 19.5. The van der Waals surface area contributed by atoms with Gasteiger partial charge in [0.25, 0.3) is 0 Å². The van der Waals surface area contributed by atoms with Crippen LogP contribution >= 0.6 is 0 Å². The fourth-order valence-corrected chi connectivity index (χ4v) is 3.51. The van der Waals surface area contributed by atoms with Crippen molar-refractivity contribution in [3.63, 3.8) is 0 Å². The van der Waals surface area contributed by atoms with Crippen molar-refractivity contribution in [2.45, 2.75) is 58.8 Å². The third-order valence-corrected chi connectivity index (χ3v) is 5.54. The van der Waals surface area contributed by atoms with Crippen LogP contribution in [0.15, 0.2) is 60.7 Å². The van der Waals surface area contributed by atoms with Gasteiger partial charge in [-0.05, 0) is 79.3 Å². The number of aryl methyl sites for hydroxylation is 2. The molecule has 0 N–H and O–H groups in total. The van der Waals surface area contributed by atoms with E-state index in [9.17, 15) is 8.78 Å². The van der Waals surface area contributed by atoms with Crippen LogP contribution in [0.1, 0.15) is 79.3 Å². The normalized spacial score (nSPS) is 10.2. The molecule has 0 heterocycles. The fraction of sp³-hybridized carbons (Fsp3) is 0.290. The predicted molar refractivity (Wildman–Crippen MR) is 133 cm³/mol. The van der Waals surface area contributed by atoms with E-state index in [1.54, 1.807) is 18.2 Å². The summed E-state index contributed by atoms with van der Waals surface area (Å²) in [5, 5.41) is 0. The first-order chi connectivity index (χ1) is 16.1. The zero-order valence-corrected chi connectivity index (χ0v) is 19.5. The zero-order chi connectivity index (χ0) is 23.5. The van der Waals surface area contributed by atoms with E-state index >= 15 is 0 Å². The Labute approximate surface area is 197 Å². The summed E-state index contributed by atoms with van der Waals surface area (Å²) in [7, 11) is 0. The molecule has 0 atom stereocenters. The van der Waals surface area contributed by atoms with Gasteiger partial charge in [-0.15, -0.1) is 0 Å². The quantitative estimate of drug-likeness (QED) is 0.259. The summed E-state index contributed by atoms with van der Waals surface area (Å²) in [6.45, 7) is 4.28. The first-order valence-electron chi connectivity index (χ1n) is 11.8. The standard InChI is InChI=1S/C31H30F2/c1-3-5-7-8-24-10-12-25(13-11-24)16-19-29-21-18-27(23-31(29)33)15-14-26-17-20-28(9-6-4-2)30(32)22-26/h10-13,17-18,20-23H,3-9H2,1-2H3. The summed E-state index contributed by atoms with van der Waals surface area (Å²) >= 11 is 0. The van der Waals surface area contributed by atoms with Crippen molar-refractivity contribution < 1.29 is 8.78 Å². The second kappa shape index (κ2) is 12.6. The van der Waals surface area contributed by atoms with Gasteiger partial charge in [0, 0.05) is 16.7 Å². The maximum atomic E-state index is 14.5. The van der Waals surface area contributed by atoms with Gasteiger partial charge in [0.05, 0.1) is 5.56 Å². The molecule has 0 aliphatic heterocycles. The van der Waals surface area contributed by atoms with Crippen LogP contribution in [0.4, 0.5) is 8.78 Å². The van der Waals surface area contributed by atoms with Crippen molar-refractivity contribution in [2.24, 2.45) is 0 Å². The second-order valence-corrected chi connectivity index (χ2v) is 8.26. The molecule has 0 saturated heterocycles. The highest BCUT2D eigenvalue weighted by atomic mass is 19.1. The molecular weight excluding hydrogens is 410 g/mol. The average molecular weight is 441 g/mol. The predicted octanol–water partition coefficient (Wildman–Crippen LogP) is 7.84. The summed E-state index contributed by atoms with van der Waals surface area (Å²) in [5.41, 5.74) is 4.32. The Kier molecular flexibility index (Phi) is 9.29. The lowest BCUT2D eigenvalue weighted by Crippen LogP contribution is -1.91. The largest absolute Gasteiger partial charge is 0.207 e. The molecular formula is C31H30F2. The molecule has 0 spiro atoms. The van der Waals surface area contributed by atoms with E-state index in [0.29, 0.717) is 22.3 Å². The van der Waals surface area contributed by atoms with Crippen LogP contribution in [0.2, 0.25) is 0 Å². The highest BCUT2D eigenvalue weighted by Gasteiger charge is 2.03. The molecule has 0 amide bonds. The SMILES string of the molecule is CCCCCc1ccc(C#Cc2ccc(C#Cc3ccc(CCCC)c(F)c3)cc2F)cc1. The van der Waals surface area contributed by atoms with Gasteiger partial charge in [-0.25, -0.2) is 8.78 Å². The minimum atomic E-state index is -0.411. The molecule has 0 aliphatic carbocycles. The number of halogens is 2. The van der Waals surface area contributed by atoms with E-state index in [4.69, 9.17) is 0 Å². The third kappa shape index (κ3) is 7.62. The van der Waals surface area contributed by atoms with E-state index in [-0.39, 0.29) is 5.82 Å². The van der Waals surface area contributed by atoms with Crippen LogP contribution in [0.5, 0.6) is 0 Å². The molecule has 0 aromatic heterocycles. The van der Waals surface area contributed by atoms with E-state index in [2.05, 4.69) is 49.7 Å². The minimum absolute atomic E-state index is 0.235. The Hall–Kier alpha value is -3.36. The first-order valence-corrected chi connectivity index (χ1v) is 11.8. The molecule has 3 aromatic carbocycles. The molecule has 3 rings (SSSR count). The van der Waals surface area contributed by atoms with Crippen LogP contribution in [0, 0.1) is 35.3 Å². The van der Waals surface area contributed by atoms with Gasteiger partial charge in [0.15, 0.2) is 0 Å². The minimum Gasteiger partial charge on any atom is -0.207 e. The van der Waals surface area contributed by atoms with Crippen molar-refractivity contribution in [1.82, 2.24) is 0 Å². The average Bonchev–Trinajstić information content (AvgIpc) is 2.82. The van der Waals surface area contributed by atoms with Crippen molar-refractivity contribution in [2.75, 3.05) is 0 Å². The molecule has 0 radical (unpaired) electrons. The van der Waals surface area contributed by atoms with Crippen molar-refractivity contribution >= 4 is 0 Å². The maximum Gasteiger partial charge on any atom is 0.140 e. The van der Waals surface area contributed by atoms with E-state index in [1.165, 1.54) is 37.0 Å². The smallest absolute Gasteiger partial charge is 0.140 e. The highest BCUT2D eigenvalue weighted by Crippen LogP contribution is 2.14. The maximum absolute atomic E-state index is 14.5. The van der Waals surface area contributed by atoms with Gasteiger partial charge in [0.2, 0.25) is 0 Å². The molecule has 0 fully saturated rings. The summed E-state index contributed by atoms with van der Waals surface area (Å²) in [6, 6.07) is 17.9. The van der Waals surface area contributed by atoms with Crippen LogP contribution in [-0.2, 0) is 12.8 Å². The topological polar surface area (TPSA) is 0 Å². The van der Waals surface area contributed by atoms with Crippen LogP contribution in [0.25, 0.3) is 0 Å². The van der Waals surface area contributed by atoms with Crippen molar-refractivity contribution in [3.8, 4) is 23.7 Å². The summed E-state index contributed by atoms with van der Waals surface area (Å²) in [4.78, 5) is 0. The van der Waals surface area contributed by atoms with Gasteiger partial charge >= 0.3 is 0 Å². The Morgan fingerprint density at radius 2 is 1.18 bits per heavy atom. The lowest BCUT2D eigenvalue weighted by atomic mass is 10.0. The Balaban J connectivity index is 1.66. The number of rotatable bonds is 7. The molecule has 0 bridgehead atoms. The number of benzene rings is 3. The summed E-state index contributed by atoms with van der Waals surface area (Å²) in [5.74, 6) is 11.1. The van der Waals surface area contributed by atoms with Gasteiger partial charge in [-0.2, -0.15) is 0 Å². The third-order valence-electron chi connectivity index (χ3n) is 5.54. The van der Waals surface area contributed by atoms with Gasteiger partial charge in [-0.1, -0.05) is 75.0 Å². The lowest BCUT2D eigenvalue weighted by molar-refractivity contribution is 0.603. The number of hydrogen-bond donors (Lipinski definition) is 0. The van der Waals surface area contributed by atoms with Crippen LogP contribution < -0.4 is 0 Å². The van der Waals surface area contributed by atoms with Gasteiger partial charge < -0.3 is 0 Å². The Morgan fingerprint density at radius 3 is 1.82 bits per heavy atom. The fourth-order valence-electron chi connectivity index (χ4n) is 3.51. The Morgan fingerprint density at radius 1 is 0.576 bits per heavy atom. The van der Waals surface area contributed by atoms with Crippen LogP contribution in [-0.4, -0.2) is 0 Å². The molecule has 168 valence electrons. The molecule has 3 aromatic rings. The van der Waals surface area contributed by atoms with Gasteiger partial charge in [-0.3, -0.25) is 0 Å². The molecule has 0 aliphatic rings. The number of hydrogen-bond acceptors (Lipinski definition) is 0. The molecule has 2 heteroatoms. The summed E-state index contributed by atoms with van der Waals surface area (Å²) < 4.78 is 28.7. The van der Waals surface area contributed by atoms with E-state index < -0.39 is 5.82 Å². The van der Waals surface area contributed by atoms with Gasteiger partial charge in [0.1, 0.15) is 11.6 Å². The lowest BCUT2D eigenvalue weighted by Gasteiger charge is -2.02. The van der Waals surface area contributed by atoms with E-state index in [1.807, 2.05) is 18.2 Å². The van der Waals surface area contributed by atoms with E-state index in [0.717, 1.165) is 31.2 Å². The van der Waals surface area contributed by atoms with Crippen molar-refractivity contribution in [1.29, 1.82) is 0 Å². The second-order valence-electron chi connectivity index (χ2n) is 8.26. The highest BCUT2D eigenvalue weighted by molar-refractivity contribution is 5.49. The molecule has 0 unspecified atom stereocenters. The molecule has 0 nitrogen and oxygen atoms in total. The monoisotopic (exact) mass is 440 g/mol. The van der Waals surface area contributed by atoms with Crippen molar-refractivity contribution in [3.05, 3.63) is 106 Å². The first kappa shape index (κ1) is 24.3. The molecule has 33 heavy (non-hydrogen) atoms. The Bertz CT molecular complexity index is 1180.